The fraction of sp³-hybridized carbons (Fsp3) is 0.396. The maximum atomic E-state index is 13.6. The molecule has 7 aromatic rings. The predicted octanol–water partition coefficient (Wildman–Crippen LogP) is 4.87. The first-order chi connectivity index (χ1) is 33.1. The van der Waals surface area contributed by atoms with Crippen molar-refractivity contribution in [1.82, 2.24) is 54.1 Å². The Labute approximate surface area is 396 Å². The summed E-state index contributed by atoms with van der Waals surface area (Å²) in [6, 6.07) is 6.79. The molecule has 0 saturated carbocycles. The molecule has 69 heavy (non-hydrogen) atoms. The third-order valence-electron chi connectivity index (χ3n) is 11.9. The van der Waals surface area contributed by atoms with Gasteiger partial charge in [0, 0.05) is 87.8 Å². The van der Waals surface area contributed by atoms with Gasteiger partial charge in [0.1, 0.15) is 22.6 Å². The molecule has 0 bridgehead atoms. The molecular formula is C48H56N14O7. The Morgan fingerprint density at radius 3 is 2.36 bits per heavy atom. The Hall–Kier alpha value is -7.97. The minimum absolute atomic E-state index is 0.00849. The lowest BCUT2D eigenvalue weighted by atomic mass is 9.96. The number of benzene rings is 1. The number of aryl methyl sites for hydroxylation is 4. The molecule has 21 heteroatoms. The monoisotopic (exact) mass is 940 g/mol. The number of ether oxygens (including phenoxy) is 1. The van der Waals surface area contributed by atoms with E-state index in [0.717, 1.165) is 11.4 Å². The third-order valence-corrected chi connectivity index (χ3v) is 11.9. The smallest absolute Gasteiger partial charge is 0.295 e. The molecule has 1 fully saturated rings. The summed E-state index contributed by atoms with van der Waals surface area (Å²) >= 11 is 0. The fourth-order valence-electron chi connectivity index (χ4n) is 8.51. The molecule has 0 spiro atoms. The molecule has 0 unspecified atom stereocenters. The molecule has 7 heterocycles. The van der Waals surface area contributed by atoms with Gasteiger partial charge in [-0.05, 0) is 62.8 Å². The van der Waals surface area contributed by atoms with Crippen molar-refractivity contribution in [3.8, 4) is 17.3 Å². The molecule has 1 aliphatic rings. The Bertz CT molecular complexity index is 3150. The quantitative estimate of drug-likeness (QED) is 0.0744. The number of hydrogen-bond donors (Lipinski definition) is 4. The average molecular weight is 941 g/mol. The largest absolute Gasteiger partial charge is 0.491 e. The summed E-state index contributed by atoms with van der Waals surface area (Å²) in [4.78, 5) is 88.4. The van der Waals surface area contributed by atoms with E-state index in [1.165, 1.54) is 12.3 Å². The highest BCUT2D eigenvalue weighted by atomic mass is 16.5. The van der Waals surface area contributed by atoms with Crippen LogP contribution in [0.3, 0.4) is 0 Å². The number of nitrogens with zero attached hydrogens (tertiary/aromatic N) is 10. The first-order valence-corrected chi connectivity index (χ1v) is 23.1. The molecule has 6 N–H and O–H groups in total. The number of aromatic nitrogens is 9. The van der Waals surface area contributed by atoms with Crippen LogP contribution in [0, 0.1) is 25.7 Å². The van der Waals surface area contributed by atoms with Crippen molar-refractivity contribution in [3.05, 3.63) is 83.0 Å². The molecule has 8 rings (SSSR count). The Balaban J connectivity index is 1.09. The molecule has 21 nitrogen and oxygen atoms in total. The van der Waals surface area contributed by atoms with Gasteiger partial charge in [-0.3, -0.25) is 38.5 Å². The summed E-state index contributed by atoms with van der Waals surface area (Å²) in [7, 11) is 0. The number of nitrogens with two attached hydrogens (primary N) is 2. The number of amides is 5. The summed E-state index contributed by atoms with van der Waals surface area (Å²) in [5, 5.41) is 11.6. The van der Waals surface area contributed by atoms with Gasteiger partial charge in [-0.1, -0.05) is 32.9 Å². The van der Waals surface area contributed by atoms with Crippen LogP contribution in [0.15, 0.2) is 53.2 Å². The fourth-order valence-corrected chi connectivity index (χ4v) is 8.51. The lowest BCUT2D eigenvalue weighted by Gasteiger charge is -2.39. The van der Waals surface area contributed by atoms with Gasteiger partial charge >= 0.3 is 0 Å². The number of rotatable bonds is 20. The molecule has 1 aliphatic heterocycles. The summed E-state index contributed by atoms with van der Waals surface area (Å²) in [6.07, 6.45) is 8.67. The van der Waals surface area contributed by atoms with Crippen LogP contribution in [0.2, 0.25) is 0 Å². The normalized spacial score (nSPS) is 13.0. The van der Waals surface area contributed by atoms with E-state index in [-0.39, 0.29) is 66.0 Å². The number of pyridine rings is 1. The van der Waals surface area contributed by atoms with Gasteiger partial charge in [-0.2, -0.15) is 5.10 Å². The van der Waals surface area contributed by atoms with Crippen molar-refractivity contribution in [1.29, 1.82) is 0 Å². The first-order valence-electron chi connectivity index (χ1n) is 23.1. The molecule has 1 saturated heterocycles. The topological polar surface area (TPSA) is 279 Å². The number of anilines is 1. The predicted molar refractivity (Wildman–Crippen MR) is 256 cm³/mol. The maximum absolute atomic E-state index is 13.6. The van der Waals surface area contributed by atoms with Crippen LogP contribution in [0.4, 0.5) is 5.95 Å². The second kappa shape index (κ2) is 20.1. The van der Waals surface area contributed by atoms with E-state index in [1.807, 2.05) is 62.1 Å². The van der Waals surface area contributed by atoms with E-state index in [9.17, 15) is 24.0 Å². The SMILES string of the molecule is CCc1nc(C)oc1C(=O)Nc1nc2cc(C(N)=O)cnc2n1C/C=C/Cn1c2nc(-c3cc(C)nn3CC)ncc2c2cc(C(N)=O)cc(OCCC3CN(C(=O)CCNC(=O)CC(C)C)C3)c21. The molecule has 6 aromatic heterocycles. The van der Waals surface area contributed by atoms with Gasteiger partial charge in [-0.25, -0.2) is 24.9 Å². The number of allylic oxidation sites excluding steroid dienone is 2. The second-order valence-electron chi connectivity index (χ2n) is 17.5. The average Bonchev–Trinajstić information content (AvgIpc) is 4.05. The molecule has 360 valence electrons. The summed E-state index contributed by atoms with van der Waals surface area (Å²) in [5.74, 6) is -0.0310. The zero-order valence-electron chi connectivity index (χ0n) is 39.5. The molecule has 0 aliphatic carbocycles. The van der Waals surface area contributed by atoms with Gasteiger partial charge in [0.25, 0.3) is 5.91 Å². The summed E-state index contributed by atoms with van der Waals surface area (Å²) in [5.41, 5.74) is 15.9. The van der Waals surface area contributed by atoms with Crippen molar-refractivity contribution in [2.75, 3.05) is 31.6 Å². The van der Waals surface area contributed by atoms with E-state index >= 15 is 0 Å². The molecular weight excluding hydrogens is 885 g/mol. The van der Waals surface area contributed by atoms with Crippen LogP contribution in [0.1, 0.15) is 95.5 Å². The number of oxazole rings is 1. The number of primary amides is 2. The first kappa shape index (κ1) is 47.5. The van der Waals surface area contributed by atoms with Crippen LogP contribution in [-0.4, -0.2) is 105 Å². The number of carbonyl (C=O) groups is 5. The second-order valence-corrected chi connectivity index (χ2v) is 17.5. The van der Waals surface area contributed by atoms with Gasteiger partial charge in [0.15, 0.2) is 17.4 Å². The van der Waals surface area contributed by atoms with E-state index in [1.54, 1.807) is 34.7 Å². The van der Waals surface area contributed by atoms with E-state index in [4.69, 9.17) is 30.6 Å². The van der Waals surface area contributed by atoms with Crippen molar-refractivity contribution in [3.63, 3.8) is 0 Å². The number of likely N-dealkylation sites (tertiary alicyclic amines) is 1. The van der Waals surface area contributed by atoms with Crippen molar-refractivity contribution in [2.45, 2.75) is 86.9 Å². The van der Waals surface area contributed by atoms with E-state index in [0.29, 0.717) is 108 Å². The Morgan fingerprint density at radius 2 is 1.65 bits per heavy atom. The number of fused-ring (bicyclic) bond motifs is 4. The van der Waals surface area contributed by atoms with Crippen molar-refractivity contribution in [2.24, 2.45) is 23.3 Å². The van der Waals surface area contributed by atoms with E-state index in [2.05, 4.69) is 30.7 Å². The highest BCUT2D eigenvalue weighted by Crippen LogP contribution is 2.37. The lowest BCUT2D eigenvalue weighted by molar-refractivity contribution is -0.137. The molecule has 1 aromatic carbocycles. The minimum Gasteiger partial charge on any atom is -0.491 e. The number of imidazole rings is 1. The lowest BCUT2D eigenvalue weighted by Crippen LogP contribution is -2.51. The summed E-state index contributed by atoms with van der Waals surface area (Å²) < 4.78 is 17.7. The molecule has 5 amide bonds. The highest BCUT2D eigenvalue weighted by Gasteiger charge is 2.30. The van der Waals surface area contributed by atoms with E-state index < -0.39 is 17.7 Å². The number of carbonyl (C=O) groups excluding carboxylic acids is 5. The maximum Gasteiger partial charge on any atom is 0.295 e. The van der Waals surface area contributed by atoms with Crippen LogP contribution in [0.5, 0.6) is 5.75 Å². The van der Waals surface area contributed by atoms with Crippen LogP contribution < -0.4 is 26.8 Å². The summed E-state index contributed by atoms with van der Waals surface area (Å²) in [6.45, 7) is 14.2. The van der Waals surface area contributed by atoms with Crippen LogP contribution in [-0.2, 0) is 35.6 Å². The Kier molecular flexibility index (Phi) is 13.8. The van der Waals surface area contributed by atoms with Gasteiger partial charge in [0.05, 0.1) is 29.1 Å². The number of nitrogens with one attached hydrogen (secondary N) is 2. The zero-order chi connectivity index (χ0) is 49.1. The standard InChI is InChI=1S/C48H56N14O7/c1-7-34-41(69-28(6)54-34)47(67)57-48-55-35-20-31(43(50)66)22-53-46(35)61(48)15-10-9-14-60-40-32(33-23-52-44(56-45(33)60)36-18-27(5)58-62(36)8-2)19-30(42(49)65)21-37(40)68-16-12-29-24-59(25-29)39(64)11-13-51-38(63)17-26(3)4/h9-10,18-23,26,29H,7-8,11-17,24-25H2,1-6H3,(H2,49,65)(H2,50,66)(H,51,63)(H,55,57,67)/b10-9+. The molecule has 0 atom stereocenters. The zero-order valence-corrected chi connectivity index (χ0v) is 39.5. The third kappa shape index (κ3) is 10.2. The van der Waals surface area contributed by atoms with Crippen LogP contribution >= 0.6 is 0 Å². The Morgan fingerprint density at radius 1 is 0.899 bits per heavy atom. The number of hydrogen-bond acceptors (Lipinski definition) is 13. The van der Waals surface area contributed by atoms with Gasteiger partial charge in [-0.15, -0.1) is 0 Å². The van der Waals surface area contributed by atoms with Crippen molar-refractivity contribution >= 4 is 68.6 Å². The van der Waals surface area contributed by atoms with Gasteiger partial charge in [0.2, 0.25) is 35.3 Å². The van der Waals surface area contributed by atoms with Gasteiger partial charge < -0.3 is 35.4 Å². The highest BCUT2D eigenvalue weighted by molar-refractivity contribution is 6.12. The minimum atomic E-state index is -0.675. The van der Waals surface area contributed by atoms with Crippen molar-refractivity contribution < 1.29 is 33.1 Å². The molecule has 0 radical (unpaired) electrons. The van der Waals surface area contributed by atoms with Crippen LogP contribution in [0.25, 0.3) is 44.6 Å².